The van der Waals surface area contributed by atoms with Gasteiger partial charge in [-0.05, 0) is 55.8 Å². The fourth-order valence-corrected chi connectivity index (χ4v) is 2.23. The minimum Gasteiger partial charge on any atom is -0.491 e. The predicted molar refractivity (Wildman–Crippen MR) is 99.1 cm³/mol. The van der Waals surface area contributed by atoms with Crippen LogP contribution in [0.25, 0.3) is 0 Å². The standard InChI is InChI=1S/C19H21N5O/c1-14(2)25-17-7-5-16(6-8-17)23-19-21-11-9-18(24-19)22-13-15-4-3-10-20-12-15/h3-12,14H,13H2,1-2H3,(H2,21,22,23,24). The number of nitrogens with zero attached hydrogens (tertiary/aromatic N) is 3. The van der Waals surface area contributed by atoms with Gasteiger partial charge in [0.2, 0.25) is 5.95 Å². The number of hydrogen-bond acceptors (Lipinski definition) is 6. The summed E-state index contributed by atoms with van der Waals surface area (Å²) in [6.07, 6.45) is 5.46. The van der Waals surface area contributed by atoms with Crippen LogP contribution < -0.4 is 15.4 Å². The molecule has 0 radical (unpaired) electrons. The fourth-order valence-electron chi connectivity index (χ4n) is 2.23. The summed E-state index contributed by atoms with van der Waals surface area (Å²) in [6.45, 7) is 4.67. The van der Waals surface area contributed by atoms with E-state index in [1.807, 2.05) is 62.5 Å². The molecule has 0 aliphatic carbocycles. The highest BCUT2D eigenvalue weighted by Gasteiger charge is 2.02. The molecular weight excluding hydrogens is 314 g/mol. The lowest BCUT2D eigenvalue weighted by Crippen LogP contribution is -2.06. The molecular formula is C19H21N5O. The van der Waals surface area contributed by atoms with Crippen LogP contribution in [0.4, 0.5) is 17.5 Å². The highest BCUT2D eigenvalue weighted by atomic mass is 16.5. The predicted octanol–water partition coefficient (Wildman–Crippen LogP) is 4.01. The maximum Gasteiger partial charge on any atom is 0.229 e. The van der Waals surface area contributed by atoms with E-state index in [0.717, 1.165) is 22.8 Å². The SMILES string of the molecule is CC(C)Oc1ccc(Nc2nccc(NCc3cccnc3)n2)cc1. The van der Waals surface area contributed by atoms with Gasteiger partial charge in [0.25, 0.3) is 0 Å². The molecule has 0 saturated carbocycles. The Hall–Kier alpha value is -3.15. The van der Waals surface area contributed by atoms with Crippen LogP contribution in [0.1, 0.15) is 19.4 Å². The summed E-state index contributed by atoms with van der Waals surface area (Å²) in [5, 5.41) is 6.46. The quantitative estimate of drug-likeness (QED) is 0.679. The molecule has 6 heteroatoms. The van der Waals surface area contributed by atoms with Gasteiger partial charge in [-0.2, -0.15) is 4.98 Å². The average Bonchev–Trinajstić information content (AvgIpc) is 2.62. The number of anilines is 3. The van der Waals surface area contributed by atoms with Crippen LogP contribution in [-0.2, 0) is 6.54 Å². The molecule has 0 aliphatic heterocycles. The number of pyridine rings is 1. The molecule has 0 aliphatic rings. The monoisotopic (exact) mass is 335 g/mol. The van der Waals surface area contributed by atoms with Gasteiger partial charge in [-0.3, -0.25) is 4.98 Å². The van der Waals surface area contributed by atoms with Crippen molar-refractivity contribution in [3.63, 3.8) is 0 Å². The van der Waals surface area contributed by atoms with Gasteiger partial charge >= 0.3 is 0 Å². The average molecular weight is 335 g/mol. The smallest absolute Gasteiger partial charge is 0.229 e. The minimum atomic E-state index is 0.157. The van der Waals surface area contributed by atoms with Gasteiger partial charge in [-0.1, -0.05) is 6.07 Å². The van der Waals surface area contributed by atoms with Crippen molar-refractivity contribution in [2.45, 2.75) is 26.5 Å². The van der Waals surface area contributed by atoms with E-state index in [1.54, 1.807) is 12.4 Å². The zero-order chi connectivity index (χ0) is 17.5. The number of hydrogen-bond donors (Lipinski definition) is 2. The third-order valence-corrected chi connectivity index (χ3v) is 3.33. The van der Waals surface area contributed by atoms with E-state index in [9.17, 15) is 0 Å². The van der Waals surface area contributed by atoms with Crippen molar-refractivity contribution in [1.29, 1.82) is 0 Å². The van der Waals surface area contributed by atoms with Crippen molar-refractivity contribution in [3.8, 4) is 5.75 Å². The zero-order valence-electron chi connectivity index (χ0n) is 14.3. The summed E-state index contributed by atoms with van der Waals surface area (Å²) in [4.78, 5) is 12.8. The summed E-state index contributed by atoms with van der Waals surface area (Å²) in [7, 11) is 0. The second kappa shape index (κ2) is 8.10. The van der Waals surface area contributed by atoms with Gasteiger partial charge in [0.05, 0.1) is 6.10 Å². The van der Waals surface area contributed by atoms with Gasteiger partial charge < -0.3 is 15.4 Å². The molecule has 6 nitrogen and oxygen atoms in total. The summed E-state index contributed by atoms with van der Waals surface area (Å²) in [5.41, 5.74) is 2.00. The second-order valence-corrected chi connectivity index (χ2v) is 5.80. The largest absolute Gasteiger partial charge is 0.491 e. The third-order valence-electron chi connectivity index (χ3n) is 3.33. The lowest BCUT2D eigenvalue weighted by atomic mass is 10.3. The van der Waals surface area contributed by atoms with Crippen LogP contribution in [0, 0.1) is 0 Å². The first-order chi connectivity index (χ1) is 12.2. The molecule has 0 bridgehead atoms. The molecule has 3 aromatic rings. The van der Waals surface area contributed by atoms with Crippen molar-refractivity contribution in [1.82, 2.24) is 15.0 Å². The van der Waals surface area contributed by atoms with Crippen molar-refractivity contribution in [2.24, 2.45) is 0 Å². The molecule has 0 unspecified atom stereocenters. The number of ether oxygens (including phenoxy) is 1. The molecule has 128 valence electrons. The van der Waals surface area contributed by atoms with Crippen molar-refractivity contribution in [2.75, 3.05) is 10.6 Å². The lowest BCUT2D eigenvalue weighted by molar-refractivity contribution is 0.242. The van der Waals surface area contributed by atoms with Gasteiger partial charge in [0.15, 0.2) is 0 Å². The topological polar surface area (TPSA) is 72.0 Å². The molecule has 0 fully saturated rings. The molecule has 2 N–H and O–H groups in total. The van der Waals surface area contributed by atoms with Crippen LogP contribution in [0.2, 0.25) is 0 Å². The van der Waals surface area contributed by atoms with E-state index in [-0.39, 0.29) is 6.10 Å². The third kappa shape index (κ3) is 5.17. The normalized spacial score (nSPS) is 10.5. The van der Waals surface area contributed by atoms with Crippen LogP contribution in [0.3, 0.4) is 0 Å². The van der Waals surface area contributed by atoms with Gasteiger partial charge in [0.1, 0.15) is 11.6 Å². The zero-order valence-corrected chi connectivity index (χ0v) is 14.3. The molecule has 0 saturated heterocycles. The van der Waals surface area contributed by atoms with Gasteiger partial charge in [0, 0.05) is 30.8 Å². The molecule has 0 amide bonds. The van der Waals surface area contributed by atoms with Gasteiger partial charge in [-0.15, -0.1) is 0 Å². The first-order valence-corrected chi connectivity index (χ1v) is 8.18. The number of rotatable bonds is 7. The van der Waals surface area contributed by atoms with Crippen LogP contribution in [-0.4, -0.2) is 21.1 Å². The highest BCUT2D eigenvalue weighted by molar-refractivity contribution is 5.55. The first-order valence-electron chi connectivity index (χ1n) is 8.18. The summed E-state index contributed by atoms with van der Waals surface area (Å²) in [5.74, 6) is 2.13. The van der Waals surface area contributed by atoms with E-state index >= 15 is 0 Å². The fraction of sp³-hybridized carbons (Fsp3) is 0.211. The highest BCUT2D eigenvalue weighted by Crippen LogP contribution is 2.19. The number of aromatic nitrogens is 3. The van der Waals surface area contributed by atoms with Crippen molar-refractivity contribution < 1.29 is 4.74 Å². The molecule has 25 heavy (non-hydrogen) atoms. The van der Waals surface area contributed by atoms with Gasteiger partial charge in [-0.25, -0.2) is 4.98 Å². The Bertz CT molecular complexity index is 790. The maximum atomic E-state index is 5.64. The summed E-state index contributed by atoms with van der Waals surface area (Å²) in [6, 6.07) is 13.5. The molecule has 0 spiro atoms. The molecule has 2 heterocycles. The Morgan fingerprint density at radius 1 is 1.04 bits per heavy atom. The Morgan fingerprint density at radius 2 is 1.88 bits per heavy atom. The summed E-state index contributed by atoms with van der Waals surface area (Å²) >= 11 is 0. The number of nitrogens with one attached hydrogen (secondary N) is 2. The Balaban J connectivity index is 1.61. The number of benzene rings is 1. The van der Waals surface area contributed by atoms with Crippen LogP contribution in [0.5, 0.6) is 5.75 Å². The maximum absolute atomic E-state index is 5.64. The first kappa shape index (κ1) is 16.7. The minimum absolute atomic E-state index is 0.157. The van der Waals surface area contributed by atoms with Crippen molar-refractivity contribution >= 4 is 17.5 Å². The van der Waals surface area contributed by atoms with Crippen molar-refractivity contribution in [3.05, 3.63) is 66.6 Å². The Morgan fingerprint density at radius 3 is 2.60 bits per heavy atom. The van der Waals surface area contributed by atoms with E-state index in [2.05, 4.69) is 25.6 Å². The molecule has 0 atom stereocenters. The Kier molecular flexibility index (Phi) is 5.41. The lowest BCUT2D eigenvalue weighted by Gasteiger charge is -2.11. The van der Waals surface area contributed by atoms with E-state index < -0.39 is 0 Å². The molecule has 1 aromatic carbocycles. The van der Waals surface area contributed by atoms with E-state index in [4.69, 9.17) is 4.74 Å². The summed E-state index contributed by atoms with van der Waals surface area (Å²) < 4.78 is 5.64. The molecule has 2 aromatic heterocycles. The molecule has 3 rings (SSSR count). The Labute approximate surface area is 147 Å². The van der Waals surface area contributed by atoms with E-state index in [0.29, 0.717) is 12.5 Å². The van der Waals surface area contributed by atoms with Crippen LogP contribution >= 0.6 is 0 Å². The van der Waals surface area contributed by atoms with E-state index in [1.165, 1.54) is 0 Å². The van der Waals surface area contributed by atoms with Crippen LogP contribution in [0.15, 0.2) is 61.1 Å². The second-order valence-electron chi connectivity index (χ2n) is 5.80.